The molecule has 5 atom stereocenters. The second-order valence-electron chi connectivity index (χ2n) is 18.1. The molecule has 0 aromatic heterocycles. The zero-order valence-electron chi connectivity index (χ0n) is 33.4. The van der Waals surface area contributed by atoms with E-state index in [2.05, 4.69) is 86.7 Å². The Bertz CT molecular complexity index is 1430. The normalized spacial score (nSPS) is 27.4. The van der Waals surface area contributed by atoms with Crippen molar-refractivity contribution >= 4 is 11.9 Å². The summed E-state index contributed by atoms with van der Waals surface area (Å²) in [6.07, 6.45) is 23.1. The number of nitrogens with zero attached hydrogens (tertiary/aromatic N) is 2. The molecule has 50 heavy (non-hydrogen) atoms. The molecular formula is C44H68N2O4. The Labute approximate surface area is 304 Å². The molecule has 0 aromatic rings. The van der Waals surface area contributed by atoms with Crippen molar-refractivity contribution < 1.29 is 19.1 Å². The Kier molecular flexibility index (Phi) is 12.4. The lowest BCUT2D eigenvalue weighted by Crippen LogP contribution is -2.52. The van der Waals surface area contributed by atoms with Gasteiger partial charge in [0, 0.05) is 37.1 Å². The van der Waals surface area contributed by atoms with Crippen molar-refractivity contribution in [2.24, 2.45) is 33.5 Å². The molecule has 0 radical (unpaired) electrons. The van der Waals surface area contributed by atoms with Crippen LogP contribution in [-0.4, -0.2) is 67.1 Å². The van der Waals surface area contributed by atoms with Crippen molar-refractivity contribution in [2.45, 2.75) is 120 Å². The van der Waals surface area contributed by atoms with E-state index < -0.39 is 10.8 Å². The lowest BCUT2D eigenvalue weighted by atomic mass is 9.58. The van der Waals surface area contributed by atoms with Crippen molar-refractivity contribution in [1.29, 1.82) is 0 Å². The van der Waals surface area contributed by atoms with Crippen LogP contribution in [0.2, 0.25) is 0 Å². The van der Waals surface area contributed by atoms with Crippen LogP contribution in [0.5, 0.6) is 0 Å². The van der Waals surface area contributed by atoms with E-state index in [0.29, 0.717) is 18.8 Å². The Morgan fingerprint density at radius 1 is 1.00 bits per heavy atom. The van der Waals surface area contributed by atoms with Crippen LogP contribution in [0.4, 0.5) is 0 Å². The van der Waals surface area contributed by atoms with Crippen LogP contribution < -0.4 is 0 Å². The fourth-order valence-electron chi connectivity index (χ4n) is 8.53. The molecule has 4 unspecified atom stereocenters. The van der Waals surface area contributed by atoms with E-state index in [-0.39, 0.29) is 40.1 Å². The highest BCUT2D eigenvalue weighted by atomic mass is 16.5. The minimum Gasteiger partial charge on any atom is -0.465 e. The monoisotopic (exact) mass is 689 g/mol. The van der Waals surface area contributed by atoms with E-state index in [4.69, 9.17) is 9.47 Å². The maximum Gasteiger partial charge on any atom is 0.316 e. The average molecular weight is 689 g/mol. The number of rotatable bonds is 13. The van der Waals surface area contributed by atoms with Gasteiger partial charge >= 0.3 is 11.9 Å². The number of hydrogen-bond donors (Lipinski definition) is 0. The summed E-state index contributed by atoms with van der Waals surface area (Å²) in [5.74, 6) is 0.430. The molecule has 1 saturated carbocycles. The van der Waals surface area contributed by atoms with E-state index >= 15 is 0 Å². The summed E-state index contributed by atoms with van der Waals surface area (Å²) in [5.41, 5.74) is 3.03. The van der Waals surface area contributed by atoms with Crippen LogP contribution in [-0.2, 0) is 19.1 Å². The van der Waals surface area contributed by atoms with E-state index in [1.807, 2.05) is 48.5 Å². The van der Waals surface area contributed by atoms with Gasteiger partial charge in [-0.3, -0.25) is 14.5 Å². The molecule has 3 aliphatic carbocycles. The number of esters is 2. The molecule has 6 heteroatoms. The summed E-state index contributed by atoms with van der Waals surface area (Å²) in [6.45, 7) is 29.8. The standard InChI is InChI=1S/C44H68N2O4/c1-13-34(22-21-32(2)50-39(48)41(7,8)9)37(36-23-25-44(31-43(44,11)33(36)3)46-28-26-45(12)27-29-46)42(10,35-19-16-14-15-17-20-35)24-18-30-49-38(47)40(4,5)6/h13,16,19-21,23,25,34,37H,1,14-15,17-18,22,24,26-31H2,2-12H3/b32-21+/t34?,37?,42?,43-,44?/m1/s1. The summed E-state index contributed by atoms with van der Waals surface area (Å²) < 4.78 is 11.6. The second kappa shape index (κ2) is 15.5. The Balaban J connectivity index is 1.77. The molecule has 0 spiro atoms. The summed E-state index contributed by atoms with van der Waals surface area (Å²) in [6, 6.07) is 0. The van der Waals surface area contributed by atoms with E-state index in [1.165, 1.54) is 16.7 Å². The minimum absolute atomic E-state index is 0.0712. The molecule has 0 aromatic carbocycles. The first kappa shape index (κ1) is 40.1. The lowest BCUT2D eigenvalue weighted by Gasteiger charge is -2.47. The molecule has 6 nitrogen and oxygen atoms in total. The number of hydrogen-bond acceptors (Lipinski definition) is 6. The van der Waals surface area contributed by atoms with Gasteiger partial charge < -0.3 is 14.4 Å². The number of ether oxygens (including phenoxy) is 2. The number of likely N-dealkylation sites (N-methyl/N-ethyl adjacent to an activating group) is 1. The van der Waals surface area contributed by atoms with Crippen molar-refractivity contribution in [3.8, 4) is 0 Å². The van der Waals surface area contributed by atoms with Gasteiger partial charge in [0.1, 0.15) is 5.76 Å². The second-order valence-corrected chi connectivity index (χ2v) is 18.1. The van der Waals surface area contributed by atoms with Gasteiger partial charge in [-0.1, -0.05) is 55.9 Å². The van der Waals surface area contributed by atoms with Gasteiger partial charge in [-0.05, 0) is 142 Å². The van der Waals surface area contributed by atoms with Crippen LogP contribution in [0.1, 0.15) is 114 Å². The van der Waals surface area contributed by atoms with Crippen LogP contribution in [0, 0.1) is 33.5 Å². The maximum atomic E-state index is 12.8. The zero-order chi connectivity index (χ0) is 37.1. The number of allylic oxidation sites excluding steroid dienone is 9. The van der Waals surface area contributed by atoms with Crippen LogP contribution >= 0.6 is 0 Å². The zero-order valence-corrected chi connectivity index (χ0v) is 33.4. The SMILES string of the molecule is C=CC(C/C=C(\C)OC(=O)C(C)(C)C)C(C1=C(C)[C@@]2(C)CC2(N2CCN(C)CC2)C=C1)C(C)(CCCOC(=O)C(C)(C)C)C1=CCCCC=C1. The van der Waals surface area contributed by atoms with Gasteiger partial charge in [-0.15, -0.1) is 6.58 Å². The third-order valence-corrected chi connectivity index (χ3v) is 12.2. The van der Waals surface area contributed by atoms with Gasteiger partial charge in [0.25, 0.3) is 0 Å². The van der Waals surface area contributed by atoms with Crippen molar-refractivity contribution in [1.82, 2.24) is 9.80 Å². The lowest BCUT2D eigenvalue weighted by molar-refractivity contribution is -0.153. The number of piperazine rings is 1. The summed E-state index contributed by atoms with van der Waals surface area (Å²) >= 11 is 0. The molecule has 0 N–H and O–H groups in total. The molecule has 0 amide bonds. The molecular weight excluding hydrogens is 620 g/mol. The Morgan fingerprint density at radius 3 is 2.28 bits per heavy atom. The quantitative estimate of drug-likeness (QED) is 0.0832. The van der Waals surface area contributed by atoms with E-state index in [0.717, 1.165) is 64.7 Å². The topological polar surface area (TPSA) is 59.1 Å². The molecule has 4 aliphatic rings. The van der Waals surface area contributed by atoms with Gasteiger partial charge in [0.15, 0.2) is 0 Å². The summed E-state index contributed by atoms with van der Waals surface area (Å²) in [5, 5.41) is 0. The first-order chi connectivity index (χ1) is 23.3. The van der Waals surface area contributed by atoms with Gasteiger partial charge in [-0.2, -0.15) is 0 Å². The fraction of sp³-hybridized carbons (Fsp3) is 0.682. The predicted octanol–water partition coefficient (Wildman–Crippen LogP) is 9.61. The maximum absolute atomic E-state index is 12.8. The van der Waals surface area contributed by atoms with Crippen molar-refractivity contribution in [3.05, 3.63) is 71.6 Å². The molecule has 278 valence electrons. The number of fused-ring (bicyclic) bond motifs is 1. The van der Waals surface area contributed by atoms with Crippen LogP contribution in [0.3, 0.4) is 0 Å². The van der Waals surface area contributed by atoms with Gasteiger partial charge in [0.2, 0.25) is 0 Å². The van der Waals surface area contributed by atoms with Crippen molar-refractivity contribution in [2.75, 3.05) is 39.8 Å². The minimum atomic E-state index is -0.576. The van der Waals surface area contributed by atoms with E-state index in [1.54, 1.807) is 0 Å². The highest BCUT2D eigenvalue weighted by Crippen LogP contribution is 2.68. The molecule has 1 aliphatic heterocycles. The van der Waals surface area contributed by atoms with Gasteiger partial charge in [-0.25, -0.2) is 0 Å². The third-order valence-electron chi connectivity index (χ3n) is 12.2. The molecule has 0 bridgehead atoms. The largest absolute Gasteiger partial charge is 0.465 e. The Hall–Kier alpha value is -2.70. The summed E-state index contributed by atoms with van der Waals surface area (Å²) in [4.78, 5) is 30.7. The van der Waals surface area contributed by atoms with Crippen molar-refractivity contribution in [3.63, 3.8) is 0 Å². The molecule has 4 rings (SSSR count). The highest BCUT2D eigenvalue weighted by Gasteiger charge is 2.68. The first-order valence-electron chi connectivity index (χ1n) is 19.2. The first-order valence-corrected chi connectivity index (χ1v) is 19.2. The van der Waals surface area contributed by atoms with Crippen LogP contribution in [0.25, 0.3) is 0 Å². The predicted molar refractivity (Wildman–Crippen MR) is 206 cm³/mol. The van der Waals surface area contributed by atoms with Crippen LogP contribution in [0.15, 0.2) is 71.6 Å². The van der Waals surface area contributed by atoms with Gasteiger partial charge in [0.05, 0.1) is 17.4 Å². The molecule has 1 heterocycles. The Morgan fingerprint density at radius 2 is 1.66 bits per heavy atom. The molecule has 1 saturated heterocycles. The molecule has 2 fully saturated rings. The average Bonchev–Trinajstić information content (AvgIpc) is 3.77. The fourth-order valence-corrected chi connectivity index (χ4v) is 8.53. The smallest absolute Gasteiger partial charge is 0.316 e. The van der Waals surface area contributed by atoms with E-state index in [9.17, 15) is 9.59 Å². The highest BCUT2D eigenvalue weighted by molar-refractivity contribution is 5.76. The third kappa shape index (κ3) is 8.49. The summed E-state index contributed by atoms with van der Waals surface area (Å²) in [7, 11) is 2.23. The number of carbonyl (C=O) groups is 2. The number of carbonyl (C=O) groups excluding carboxylic acids is 2.